The number of carbonyl (C=O) groups excluding carboxylic acids is 1. The Bertz CT molecular complexity index is 467. The molecule has 1 aliphatic rings. The summed E-state index contributed by atoms with van der Waals surface area (Å²) in [4.78, 5) is 10.7. The van der Waals surface area contributed by atoms with Crippen LogP contribution in [0.2, 0.25) is 0 Å². The molecule has 1 aliphatic carbocycles. The average molecular weight is 260 g/mol. The summed E-state index contributed by atoms with van der Waals surface area (Å²) in [6.07, 6.45) is 5.46. The molecule has 0 saturated carbocycles. The summed E-state index contributed by atoms with van der Waals surface area (Å²) in [5.74, 6) is 6.23. The third kappa shape index (κ3) is 4.95. The largest absolute Gasteiger partial charge is 0.462 e. The SMILES string of the molecule is CC(=O)OC/C=C(\C)C#CC1=C(C)CCCC1(C)C. The van der Waals surface area contributed by atoms with Crippen LogP contribution in [0.5, 0.6) is 0 Å². The Morgan fingerprint density at radius 1 is 1.42 bits per heavy atom. The Labute approximate surface area is 116 Å². The lowest BCUT2D eigenvalue weighted by Gasteiger charge is -2.31. The second-order valence-electron chi connectivity index (χ2n) is 5.83. The zero-order chi connectivity index (χ0) is 14.5. The standard InChI is InChI=1S/C17H24O2/c1-13(10-12-19-15(3)18)8-9-16-14(2)7-6-11-17(16,4)5/h10H,6-7,11-12H2,1-5H3/b13-10+. The van der Waals surface area contributed by atoms with Gasteiger partial charge < -0.3 is 4.74 Å². The van der Waals surface area contributed by atoms with Gasteiger partial charge in [0.2, 0.25) is 0 Å². The minimum atomic E-state index is -0.260. The highest BCUT2D eigenvalue weighted by Crippen LogP contribution is 2.39. The summed E-state index contributed by atoms with van der Waals surface area (Å²) in [7, 11) is 0. The van der Waals surface area contributed by atoms with Crippen LogP contribution in [-0.2, 0) is 9.53 Å². The van der Waals surface area contributed by atoms with Crippen molar-refractivity contribution in [1.29, 1.82) is 0 Å². The highest BCUT2D eigenvalue weighted by Gasteiger charge is 2.27. The van der Waals surface area contributed by atoms with Gasteiger partial charge in [0.25, 0.3) is 0 Å². The van der Waals surface area contributed by atoms with Crippen molar-refractivity contribution in [3.63, 3.8) is 0 Å². The summed E-state index contributed by atoms with van der Waals surface area (Å²) in [6, 6.07) is 0. The van der Waals surface area contributed by atoms with Crippen molar-refractivity contribution >= 4 is 5.97 Å². The minimum absolute atomic E-state index is 0.186. The van der Waals surface area contributed by atoms with E-state index in [9.17, 15) is 4.79 Å². The second-order valence-corrected chi connectivity index (χ2v) is 5.83. The van der Waals surface area contributed by atoms with Gasteiger partial charge in [-0.15, -0.1) is 0 Å². The topological polar surface area (TPSA) is 26.3 Å². The molecular formula is C17H24O2. The van der Waals surface area contributed by atoms with Crippen LogP contribution in [-0.4, -0.2) is 12.6 Å². The molecule has 0 aliphatic heterocycles. The van der Waals surface area contributed by atoms with Gasteiger partial charge in [0.05, 0.1) is 0 Å². The molecule has 0 atom stereocenters. The molecule has 0 aromatic carbocycles. The van der Waals surface area contributed by atoms with Crippen LogP contribution < -0.4 is 0 Å². The smallest absolute Gasteiger partial charge is 0.302 e. The van der Waals surface area contributed by atoms with E-state index in [4.69, 9.17) is 4.74 Å². The van der Waals surface area contributed by atoms with E-state index in [1.165, 1.54) is 30.9 Å². The van der Waals surface area contributed by atoms with E-state index in [0.29, 0.717) is 6.61 Å². The highest BCUT2D eigenvalue weighted by atomic mass is 16.5. The maximum absolute atomic E-state index is 10.7. The first-order valence-corrected chi connectivity index (χ1v) is 6.85. The fourth-order valence-electron chi connectivity index (χ4n) is 2.40. The molecular weight excluding hydrogens is 236 g/mol. The van der Waals surface area contributed by atoms with Crippen molar-refractivity contribution in [2.24, 2.45) is 5.41 Å². The second kappa shape index (κ2) is 6.61. The monoisotopic (exact) mass is 260 g/mol. The summed E-state index contributed by atoms with van der Waals surface area (Å²) in [5.41, 5.74) is 3.82. The Morgan fingerprint density at radius 3 is 2.68 bits per heavy atom. The van der Waals surface area contributed by atoms with Crippen LogP contribution in [0.15, 0.2) is 22.8 Å². The van der Waals surface area contributed by atoms with Crippen molar-refractivity contribution in [3.8, 4) is 11.8 Å². The van der Waals surface area contributed by atoms with Gasteiger partial charge in [0, 0.05) is 12.5 Å². The zero-order valence-electron chi connectivity index (χ0n) is 12.7. The van der Waals surface area contributed by atoms with E-state index < -0.39 is 0 Å². The van der Waals surface area contributed by atoms with Crippen LogP contribution >= 0.6 is 0 Å². The van der Waals surface area contributed by atoms with E-state index in [1.54, 1.807) is 0 Å². The van der Waals surface area contributed by atoms with Gasteiger partial charge >= 0.3 is 5.97 Å². The molecule has 0 fully saturated rings. The first kappa shape index (κ1) is 15.6. The zero-order valence-corrected chi connectivity index (χ0v) is 12.7. The van der Waals surface area contributed by atoms with E-state index in [-0.39, 0.29) is 11.4 Å². The van der Waals surface area contributed by atoms with Gasteiger partial charge in [0.1, 0.15) is 6.61 Å². The van der Waals surface area contributed by atoms with Gasteiger partial charge in [0.15, 0.2) is 0 Å². The molecule has 0 aromatic heterocycles. The molecule has 19 heavy (non-hydrogen) atoms. The number of esters is 1. The van der Waals surface area contributed by atoms with Crippen LogP contribution in [0.1, 0.15) is 53.9 Å². The first-order chi connectivity index (χ1) is 8.83. The van der Waals surface area contributed by atoms with Gasteiger partial charge in [-0.2, -0.15) is 0 Å². The summed E-state index contributed by atoms with van der Waals surface area (Å²) < 4.78 is 4.87. The van der Waals surface area contributed by atoms with Crippen LogP contribution in [0.4, 0.5) is 0 Å². The van der Waals surface area contributed by atoms with E-state index in [0.717, 1.165) is 12.0 Å². The molecule has 0 aromatic rings. The van der Waals surface area contributed by atoms with E-state index >= 15 is 0 Å². The van der Waals surface area contributed by atoms with E-state index in [1.807, 2.05) is 13.0 Å². The Balaban J connectivity index is 2.78. The number of carbonyl (C=O) groups is 1. The van der Waals surface area contributed by atoms with Crippen LogP contribution in [0.25, 0.3) is 0 Å². The summed E-state index contributed by atoms with van der Waals surface area (Å²) in [6.45, 7) is 10.4. The molecule has 0 radical (unpaired) electrons. The Morgan fingerprint density at radius 2 is 2.11 bits per heavy atom. The molecule has 0 saturated heterocycles. The molecule has 0 heterocycles. The van der Waals surface area contributed by atoms with Gasteiger partial charge in [-0.25, -0.2) is 0 Å². The molecule has 0 amide bonds. The van der Waals surface area contributed by atoms with Gasteiger partial charge in [-0.05, 0) is 50.2 Å². The lowest BCUT2D eigenvalue weighted by Crippen LogP contribution is -2.19. The molecule has 104 valence electrons. The normalized spacial score (nSPS) is 18.7. The van der Waals surface area contributed by atoms with Crippen LogP contribution in [0.3, 0.4) is 0 Å². The summed E-state index contributed by atoms with van der Waals surface area (Å²) >= 11 is 0. The number of ether oxygens (including phenoxy) is 1. The fraction of sp³-hybridized carbons (Fsp3) is 0.588. The Hall–Kier alpha value is -1.49. The van der Waals surface area contributed by atoms with Crippen molar-refractivity contribution in [1.82, 2.24) is 0 Å². The van der Waals surface area contributed by atoms with Crippen molar-refractivity contribution in [3.05, 3.63) is 22.8 Å². The predicted octanol–water partition coefficient (Wildman–Crippen LogP) is 4.03. The maximum atomic E-state index is 10.7. The molecule has 0 bridgehead atoms. The van der Waals surface area contributed by atoms with E-state index in [2.05, 4.69) is 32.6 Å². The Kier molecular flexibility index (Phi) is 5.42. The molecule has 2 nitrogen and oxygen atoms in total. The predicted molar refractivity (Wildman–Crippen MR) is 78.5 cm³/mol. The highest BCUT2D eigenvalue weighted by molar-refractivity contribution is 5.66. The summed E-state index contributed by atoms with van der Waals surface area (Å²) in [5, 5.41) is 0. The fourth-order valence-corrected chi connectivity index (χ4v) is 2.40. The molecule has 2 heteroatoms. The number of allylic oxidation sites excluding steroid dienone is 3. The van der Waals surface area contributed by atoms with Gasteiger partial charge in [-0.1, -0.05) is 31.3 Å². The van der Waals surface area contributed by atoms with Crippen molar-refractivity contribution in [2.75, 3.05) is 6.61 Å². The lowest BCUT2D eigenvalue weighted by atomic mass is 9.73. The third-order valence-corrected chi connectivity index (χ3v) is 3.52. The quantitative estimate of drug-likeness (QED) is 0.553. The first-order valence-electron chi connectivity index (χ1n) is 6.85. The lowest BCUT2D eigenvalue weighted by molar-refractivity contribution is -0.139. The number of hydrogen-bond donors (Lipinski definition) is 0. The molecule has 0 spiro atoms. The van der Waals surface area contributed by atoms with Crippen LogP contribution in [0, 0.1) is 17.3 Å². The van der Waals surface area contributed by atoms with Crippen molar-refractivity contribution < 1.29 is 9.53 Å². The maximum Gasteiger partial charge on any atom is 0.302 e. The minimum Gasteiger partial charge on any atom is -0.462 e. The third-order valence-electron chi connectivity index (χ3n) is 3.52. The molecule has 0 N–H and O–H groups in total. The molecule has 0 unspecified atom stereocenters. The average Bonchev–Trinajstić information content (AvgIpc) is 2.26. The molecule has 1 rings (SSSR count). The number of hydrogen-bond acceptors (Lipinski definition) is 2. The number of rotatable bonds is 2. The van der Waals surface area contributed by atoms with Gasteiger partial charge in [-0.3, -0.25) is 4.79 Å². The van der Waals surface area contributed by atoms with Crippen molar-refractivity contribution in [2.45, 2.75) is 53.9 Å².